The maximum atomic E-state index is 11.1. The van der Waals surface area contributed by atoms with Crippen LogP contribution in [0.15, 0.2) is 72.8 Å². The van der Waals surface area contributed by atoms with Gasteiger partial charge >= 0.3 is 11.9 Å². The van der Waals surface area contributed by atoms with Crippen LogP contribution in [-0.4, -0.2) is 33.7 Å². The monoisotopic (exact) mass is 483 g/mol. The molecule has 0 saturated heterocycles. The van der Waals surface area contributed by atoms with Gasteiger partial charge in [0.2, 0.25) is 0 Å². The van der Waals surface area contributed by atoms with E-state index in [2.05, 4.69) is 13.2 Å². The summed E-state index contributed by atoms with van der Waals surface area (Å²) in [6, 6.07) is 14.3. The Labute approximate surface area is 205 Å². The molecule has 0 radical (unpaired) electrons. The van der Waals surface area contributed by atoms with Crippen molar-refractivity contribution in [2.75, 3.05) is 6.61 Å². The number of hydrogen-bond donors (Lipinski definition) is 2. The van der Waals surface area contributed by atoms with E-state index in [1.807, 2.05) is 30.3 Å². The maximum absolute atomic E-state index is 11.1. The fourth-order valence-corrected chi connectivity index (χ4v) is 3.01. The number of carbonyl (C=O) groups is 2. The van der Waals surface area contributed by atoms with Gasteiger partial charge in [-0.3, -0.25) is 10.1 Å². The number of non-ortho nitro benzene ring substituents is 1. The first-order valence-electron chi connectivity index (χ1n) is 11.5. The van der Waals surface area contributed by atoms with Gasteiger partial charge in [0.05, 0.1) is 17.6 Å². The first kappa shape index (κ1) is 29.1. The van der Waals surface area contributed by atoms with Gasteiger partial charge in [-0.05, 0) is 37.3 Å². The van der Waals surface area contributed by atoms with Crippen molar-refractivity contribution >= 4 is 17.6 Å². The van der Waals surface area contributed by atoms with E-state index in [-0.39, 0.29) is 16.8 Å². The summed E-state index contributed by atoms with van der Waals surface area (Å²) in [5, 5.41) is 27.9. The van der Waals surface area contributed by atoms with Crippen LogP contribution in [0, 0.1) is 10.1 Å². The molecule has 2 N–H and O–H groups in total. The number of unbranched alkanes of at least 4 members (excludes halogenated alkanes) is 4. The van der Waals surface area contributed by atoms with E-state index in [4.69, 9.17) is 14.9 Å². The standard InChI is InChI=1S/C22H25NO5.C5H8O2/c1-17(22(24)25)10-6-3-2-4-9-15-28-21-16-19(23(26)27)13-14-20(21)18-11-7-5-8-12-18;1-3-4(2)5(6)7/h5,7-8,11-14,16H,1-4,6,9-10,15H2,(H,24,25);2-3H2,1H3,(H,6,7). The molecule has 0 fully saturated rings. The molecule has 0 aromatic heterocycles. The van der Waals surface area contributed by atoms with Crippen molar-refractivity contribution in [3.63, 3.8) is 0 Å². The van der Waals surface area contributed by atoms with Crippen LogP contribution in [0.1, 0.15) is 51.9 Å². The molecule has 2 rings (SSSR count). The van der Waals surface area contributed by atoms with E-state index in [0.717, 1.165) is 43.2 Å². The molecule has 0 heterocycles. The average Bonchev–Trinajstić information content (AvgIpc) is 2.85. The number of ether oxygens (including phenoxy) is 1. The second-order valence-corrected chi connectivity index (χ2v) is 7.84. The van der Waals surface area contributed by atoms with E-state index in [9.17, 15) is 19.7 Å². The summed E-state index contributed by atoms with van der Waals surface area (Å²) in [7, 11) is 0. The van der Waals surface area contributed by atoms with Crippen LogP contribution >= 0.6 is 0 Å². The zero-order chi connectivity index (χ0) is 26.2. The third-order valence-corrected chi connectivity index (χ3v) is 5.17. The molecule has 0 atom stereocenters. The number of benzene rings is 2. The summed E-state index contributed by atoms with van der Waals surface area (Å²) in [5.74, 6) is -1.32. The Morgan fingerprint density at radius 1 is 0.914 bits per heavy atom. The largest absolute Gasteiger partial charge is 0.493 e. The van der Waals surface area contributed by atoms with Gasteiger partial charge < -0.3 is 14.9 Å². The molecule has 0 saturated carbocycles. The van der Waals surface area contributed by atoms with Gasteiger partial charge in [0.15, 0.2) is 0 Å². The summed E-state index contributed by atoms with van der Waals surface area (Å²) >= 11 is 0. The molecule has 2 aromatic carbocycles. The van der Waals surface area contributed by atoms with Crippen LogP contribution < -0.4 is 4.74 Å². The van der Waals surface area contributed by atoms with E-state index in [1.165, 1.54) is 12.1 Å². The first-order valence-corrected chi connectivity index (χ1v) is 11.5. The fraction of sp³-hybridized carbons (Fsp3) is 0.333. The molecule has 8 heteroatoms. The van der Waals surface area contributed by atoms with Crippen LogP contribution in [0.3, 0.4) is 0 Å². The Balaban J connectivity index is 0.000000762. The molecule has 0 aliphatic heterocycles. The fourth-order valence-electron chi connectivity index (χ4n) is 3.01. The number of nitrogens with zero attached hydrogens (tertiary/aromatic N) is 1. The van der Waals surface area contributed by atoms with E-state index < -0.39 is 16.9 Å². The van der Waals surface area contributed by atoms with E-state index >= 15 is 0 Å². The number of carboxylic acids is 2. The highest BCUT2D eigenvalue weighted by molar-refractivity contribution is 5.85. The first-order chi connectivity index (χ1) is 16.7. The highest BCUT2D eigenvalue weighted by Gasteiger charge is 2.13. The Kier molecular flexibility index (Phi) is 13.1. The average molecular weight is 484 g/mol. The number of rotatable bonds is 14. The molecule has 188 valence electrons. The number of nitro groups is 1. The lowest BCUT2D eigenvalue weighted by Crippen LogP contribution is -2.00. The highest BCUT2D eigenvalue weighted by atomic mass is 16.6. The lowest BCUT2D eigenvalue weighted by molar-refractivity contribution is -0.384. The molecule has 0 spiro atoms. The van der Waals surface area contributed by atoms with Crippen LogP contribution in [0.5, 0.6) is 5.75 Å². The number of nitro benzene ring substituents is 1. The normalized spacial score (nSPS) is 9.97. The Morgan fingerprint density at radius 3 is 2.06 bits per heavy atom. The van der Waals surface area contributed by atoms with Gasteiger partial charge in [-0.15, -0.1) is 0 Å². The van der Waals surface area contributed by atoms with Gasteiger partial charge in [-0.25, -0.2) is 9.59 Å². The van der Waals surface area contributed by atoms with Crippen LogP contribution in [0.4, 0.5) is 5.69 Å². The molecule has 2 aromatic rings. The number of carboxylic acid groups (broad SMARTS) is 2. The molecule has 0 aliphatic rings. The van der Waals surface area contributed by atoms with E-state index in [1.54, 1.807) is 13.0 Å². The predicted octanol–water partition coefficient (Wildman–Crippen LogP) is 6.66. The van der Waals surface area contributed by atoms with Crippen molar-refractivity contribution in [1.29, 1.82) is 0 Å². The molecule has 35 heavy (non-hydrogen) atoms. The minimum atomic E-state index is -0.931. The van der Waals surface area contributed by atoms with Gasteiger partial charge in [0.25, 0.3) is 5.69 Å². The third kappa shape index (κ3) is 11.2. The smallest absolute Gasteiger partial charge is 0.330 e. The van der Waals surface area contributed by atoms with Crippen molar-refractivity contribution < 1.29 is 29.5 Å². The Morgan fingerprint density at radius 2 is 1.51 bits per heavy atom. The van der Waals surface area contributed by atoms with Crippen molar-refractivity contribution in [2.24, 2.45) is 0 Å². The quantitative estimate of drug-likeness (QED) is 0.133. The second-order valence-electron chi connectivity index (χ2n) is 7.84. The summed E-state index contributed by atoms with van der Waals surface area (Å²) < 4.78 is 5.86. The molecule has 0 unspecified atom stereocenters. The van der Waals surface area contributed by atoms with Crippen molar-refractivity contribution in [3.05, 3.63) is 82.9 Å². The lowest BCUT2D eigenvalue weighted by atomic mass is 10.0. The predicted molar refractivity (Wildman–Crippen MR) is 136 cm³/mol. The van der Waals surface area contributed by atoms with Gasteiger partial charge in [-0.1, -0.05) is 69.7 Å². The molecule has 0 aliphatic carbocycles. The maximum Gasteiger partial charge on any atom is 0.330 e. The number of aliphatic carboxylic acids is 2. The summed E-state index contributed by atoms with van der Waals surface area (Å²) in [6.07, 6.45) is 5.56. The van der Waals surface area contributed by atoms with Crippen LogP contribution in [0.25, 0.3) is 11.1 Å². The van der Waals surface area contributed by atoms with E-state index in [0.29, 0.717) is 25.2 Å². The molecular formula is C27H33NO7. The Hall–Kier alpha value is -3.94. The van der Waals surface area contributed by atoms with Crippen LogP contribution in [-0.2, 0) is 9.59 Å². The minimum absolute atomic E-state index is 0.00772. The Bertz CT molecular complexity index is 1020. The molecular weight excluding hydrogens is 450 g/mol. The lowest BCUT2D eigenvalue weighted by Gasteiger charge is -2.12. The molecule has 0 amide bonds. The highest BCUT2D eigenvalue weighted by Crippen LogP contribution is 2.33. The van der Waals surface area contributed by atoms with Crippen molar-refractivity contribution in [1.82, 2.24) is 0 Å². The topological polar surface area (TPSA) is 127 Å². The third-order valence-electron chi connectivity index (χ3n) is 5.17. The SMILES string of the molecule is C=C(CC)C(=O)O.C=C(CCCCCCCOc1cc([N+](=O)[O-])ccc1-c1ccccc1)C(=O)O. The van der Waals surface area contributed by atoms with Gasteiger partial charge in [0.1, 0.15) is 5.75 Å². The number of hydrogen-bond acceptors (Lipinski definition) is 5. The summed E-state index contributed by atoms with van der Waals surface area (Å²) in [4.78, 5) is 31.2. The zero-order valence-electron chi connectivity index (χ0n) is 20.1. The molecule has 8 nitrogen and oxygen atoms in total. The van der Waals surface area contributed by atoms with Crippen molar-refractivity contribution in [3.8, 4) is 16.9 Å². The zero-order valence-corrected chi connectivity index (χ0v) is 20.1. The second kappa shape index (κ2) is 15.8. The van der Waals surface area contributed by atoms with Crippen LogP contribution in [0.2, 0.25) is 0 Å². The van der Waals surface area contributed by atoms with Gasteiger partial charge in [-0.2, -0.15) is 0 Å². The minimum Gasteiger partial charge on any atom is -0.493 e. The summed E-state index contributed by atoms with van der Waals surface area (Å²) in [5.41, 5.74) is 2.31. The molecule has 0 bridgehead atoms. The van der Waals surface area contributed by atoms with Crippen molar-refractivity contribution in [2.45, 2.75) is 51.9 Å². The summed E-state index contributed by atoms with van der Waals surface area (Å²) in [6.45, 7) is 9.03. The van der Waals surface area contributed by atoms with Gasteiger partial charge in [0, 0.05) is 22.8 Å².